The van der Waals surface area contributed by atoms with E-state index in [4.69, 9.17) is 9.47 Å². The van der Waals surface area contributed by atoms with E-state index in [-0.39, 0.29) is 0 Å². The molecule has 3 nitrogen and oxygen atoms in total. The van der Waals surface area contributed by atoms with Crippen LogP contribution < -0.4 is 10.1 Å². The van der Waals surface area contributed by atoms with Gasteiger partial charge in [-0.05, 0) is 53.8 Å². The number of hydrogen-bond acceptors (Lipinski definition) is 3. The fraction of sp³-hybridized carbons (Fsp3) is 0.444. The Morgan fingerprint density at radius 1 is 1.24 bits per heavy atom. The third-order valence-electron chi connectivity index (χ3n) is 4.41. The summed E-state index contributed by atoms with van der Waals surface area (Å²) in [5, 5.41) is 6.10. The number of hydrogen-bond donors (Lipinski definition) is 1. The highest BCUT2D eigenvalue weighted by Gasteiger charge is 2.21. The molecule has 0 saturated carbocycles. The van der Waals surface area contributed by atoms with Gasteiger partial charge in [0.25, 0.3) is 0 Å². The van der Waals surface area contributed by atoms with Crippen molar-refractivity contribution >= 4 is 10.8 Å². The van der Waals surface area contributed by atoms with Crippen molar-refractivity contribution < 1.29 is 9.47 Å². The molecule has 1 aliphatic heterocycles. The Kier molecular flexibility index (Phi) is 4.42. The van der Waals surface area contributed by atoms with Crippen molar-refractivity contribution in [2.75, 3.05) is 20.3 Å². The Balaban J connectivity index is 1.66. The summed E-state index contributed by atoms with van der Waals surface area (Å²) in [5.41, 5.74) is 1.32. The molecule has 0 aromatic heterocycles. The number of rotatable bonds is 5. The van der Waals surface area contributed by atoms with Gasteiger partial charge in [-0.1, -0.05) is 18.2 Å². The molecule has 2 unspecified atom stereocenters. The molecule has 1 N–H and O–H groups in total. The lowest BCUT2D eigenvalue weighted by Gasteiger charge is -2.19. The average Bonchev–Trinajstić information content (AvgIpc) is 3.06. The summed E-state index contributed by atoms with van der Waals surface area (Å²) in [6.07, 6.45) is 1.17. The van der Waals surface area contributed by atoms with Crippen molar-refractivity contribution in [2.24, 2.45) is 5.92 Å². The lowest BCUT2D eigenvalue weighted by atomic mass is 10.00. The highest BCUT2D eigenvalue weighted by Crippen LogP contribution is 2.22. The average molecular weight is 285 g/mol. The van der Waals surface area contributed by atoms with Crippen molar-refractivity contribution in [1.29, 1.82) is 0 Å². The van der Waals surface area contributed by atoms with E-state index in [0.29, 0.717) is 12.0 Å². The molecule has 1 heterocycles. The Bertz CT molecular complexity index is 605. The van der Waals surface area contributed by atoms with Crippen LogP contribution in [-0.4, -0.2) is 26.4 Å². The van der Waals surface area contributed by atoms with Crippen LogP contribution in [0.4, 0.5) is 0 Å². The minimum Gasteiger partial charge on any atom is -0.497 e. The molecule has 21 heavy (non-hydrogen) atoms. The quantitative estimate of drug-likeness (QED) is 0.913. The van der Waals surface area contributed by atoms with Crippen molar-refractivity contribution in [3.8, 4) is 5.75 Å². The summed E-state index contributed by atoms with van der Waals surface area (Å²) in [4.78, 5) is 0. The Morgan fingerprint density at radius 2 is 2.05 bits per heavy atom. The van der Waals surface area contributed by atoms with E-state index in [2.05, 4.69) is 42.6 Å². The van der Waals surface area contributed by atoms with Crippen LogP contribution in [0.2, 0.25) is 0 Å². The molecule has 1 saturated heterocycles. The topological polar surface area (TPSA) is 30.5 Å². The van der Waals surface area contributed by atoms with Crippen molar-refractivity contribution in [3.63, 3.8) is 0 Å². The number of ether oxygens (including phenoxy) is 2. The molecular formula is C18H23NO2. The van der Waals surface area contributed by atoms with Crippen molar-refractivity contribution in [3.05, 3.63) is 42.0 Å². The first-order chi connectivity index (χ1) is 10.3. The summed E-state index contributed by atoms with van der Waals surface area (Å²) >= 11 is 0. The van der Waals surface area contributed by atoms with Crippen LogP contribution in [-0.2, 0) is 11.3 Å². The highest BCUT2D eigenvalue weighted by molar-refractivity contribution is 5.84. The maximum atomic E-state index is 5.46. The Morgan fingerprint density at radius 3 is 2.81 bits per heavy atom. The number of methoxy groups -OCH3 is 1. The Labute approximate surface area is 126 Å². The van der Waals surface area contributed by atoms with Crippen LogP contribution >= 0.6 is 0 Å². The molecule has 0 spiro atoms. The van der Waals surface area contributed by atoms with Gasteiger partial charge in [0.2, 0.25) is 0 Å². The lowest BCUT2D eigenvalue weighted by Crippen LogP contribution is -2.33. The molecule has 2 aromatic rings. The molecule has 1 fully saturated rings. The van der Waals surface area contributed by atoms with E-state index in [1.165, 1.54) is 22.8 Å². The third kappa shape index (κ3) is 3.36. The van der Waals surface area contributed by atoms with Crippen LogP contribution in [0.5, 0.6) is 5.75 Å². The molecule has 0 radical (unpaired) electrons. The van der Waals surface area contributed by atoms with Gasteiger partial charge in [-0.15, -0.1) is 0 Å². The van der Waals surface area contributed by atoms with E-state index in [0.717, 1.165) is 25.5 Å². The highest BCUT2D eigenvalue weighted by atomic mass is 16.5. The van der Waals surface area contributed by atoms with Crippen LogP contribution in [0.3, 0.4) is 0 Å². The molecule has 2 aromatic carbocycles. The molecular weight excluding hydrogens is 262 g/mol. The molecule has 3 rings (SSSR count). The SMILES string of the molecule is COc1ccc2cc(CNC(C)C3CCOC3)ccc2c1. The van der Waals surface area contributed by atoms with Crippen LogP contribution in [0.15, 0.2) is 36.4 Å². The van der Waals surface area contributed by atoms with Gasteiger partial charge in [-0.3, -0.25) is 0 Å². The van der Waals surface area contributed by atoms with Crippen molar-refractivity contribution in [2.45, 2.75) is 25.9 Å². The summed E-state index contributed by atoms with van der Waals surface area (Å²) < 4.78 is 10.7. The monoisotopic (exact) mass is 285 g/mol. The number of fused-ring (bicyclic) bond motifs is 1. The molecule has 112 valence electrons. The summed E-state index contributed by atoms with van der Waals surface area (Å²) in [7, 11) is 1.70. The zero-order chi connectivity index (χ0) is 14.7. The van der Waals surface area contributed by atoms with Crippen LogP contribution in [0.25, 0.3) is 10.8 Å². The molecule has 3 heteroatoms. The summed E-state index contributed by atoms with van der Waals surface area (Å²) in [6.45, 7) is 4.96. The van der Waals surface area contributed by atoms with E-state index < -0.39 is 0 Å². The van der Waals surface area contributed by atoms with E-state index in [1.807, 2.05) is 6.07 Å². The Hall–Kier alpha value is -1.58. The molecule has 2 atom stereocenters. The third-order valence-corrected chi connectivity index (χ3v) is 4.41. The predicted molar refractivity (Wildman–Crippen MR) is 85.7 cm³/mol. The number of nitrogens with one attached hydrogen (secondary N) is 1. The minimum absolute atomic E-state index is 0.499. The van der Waals surface area contributed by atoms with Crippen LogP contribution in [0.1, 0.15) is 18.9 Å². The molecule has 0 aliphatic carbocycles. The van der Waals surface area contributed by atoms with Gasteiger partial charge in [-0.2, -0.15) is 0 Å². The van der Waals surface area contributed by atoms with Gasteiger partial charge in [0.05, 0.1) is 13.7 Å². The minimum atomic E-state index is 0.499. The van der Waals surface area contributed by atoms with Gasteiger partial charge < -0.3 is 14.8 Å². The first-order valence-corrected chi connectivity index (χ1v) is 7.64. The first kappa shape index (κ1) is 14.4. The van der Waals surface area contributed by atoms with Crippen molar-refractivity contribution in [1.82, 2.24) is 5.32 Å². The van der Waals surface area contributed by atoms with E-state index in [1.54, 1.807) is 7.11 Å². The second-order valence-corrected chi connectivity index (χ2v) is 5.84. The van der Waals surface area contributed by atoms with Gasteiger partial charge in [0.15, 0.2) is 0 Å². The fourth-order valence-electron chi connectivity index (χ4n) is 2.90. The normalized spacial score (nSPS) is 19.8. The second kappa shape index (κ2) is 6.46. The first-order valence-electron chi connectivity index (χ1n) is 7.64. The van der Waals surface area contributed by atoms with E-state index in [9.17, 15) is 0 Å². The van der Waals surface area contributed by atoms with Gasteiger partial charge in [0, 0.05) is 19.2 Å². The smallest absolute Gasteiger partial charge is 0.119 e. The maximum Gasteiger partial charge on any atom is 0.119 e. The summed E-state index contributed by atoms with van der Waals surface area (Å²) in [6, 6.07) is 13.3. The number of benzene rings is 2. The lowest BCUT2D eigenvalue weighted by molar-refractivity contribution is 0.178. The van der Waals surface area contributed by atoms with Gasteiger partial charge >= 0.3 is 0 Å². The second-order valence-electron chi connectivity index (χ2n) is 5.84. The van der Waals surface area contributed by atoms with Gasteiger partial charge in [0.1, 0.15) is 5.75 Å². The molecule has 0 amide bonds. The molecule has 1 aliphatic rings. The molecule has 0 bridgehead atoms. The predicted octanol–water partition coefficient (Wildman–Crippen LogP) is 3.36. The fourth-order valence-corrected chi connectivity index (χ4v) is 2.90. The summed E-state index contributed by atoms with van der Waals surface area (Å²) in [5.74, 6) is 1.55. The zero-order valence-corrected chi connectivity index (χ0v) is 12.8. The van der Waals surface area contributed by atoms with E-state index >= 15 is 0 Å². The zero-order valence-electron chi connectivity index (χ0n) is 12.8. The largest absolute Gasteiger partial charge is 0.497 e. The standard InChI is InChI=1S/C18H23NO2/c1-13(17-7-8-21-12-17)19-11-14-3-4-16-10-18(20-2)6-5-15(16)9-14/h3-6,9-10,13,17,19H,7-8,11-12H2,1-2H3. The maximum absolute atomic E-state index is 5.46. The van der Waals surface area contributed by atoms with Crippen LogP contribution in [0, 0.1) is 5.92 Å². The van der Waals surface area contributed by atoms with Gasteiger partial charge in [-0.25, -0.2) is 0 Å².